The van der Waals surface area contributed by atoms with Gasteiger partial charge in [0.25, 0.3) is 0 Å². The lowest BCUT2D eigenvalue weighted by molar-refractivity contribution is -0.148. The molecule has 8 amide bonds. The average Bonchev–Trinajstić information content (AvgIpc) is 1.41. The van der Waals surface area contributed by atoms with Crippen LogP contribution in [0.5, 0.6) is 0 Å². The fourth-order valence-electron chi connectivity index (χ4n) is 11.1. The molecule has 31 heteroatoms. The van der Waals surface area contributed by atoms with Crippen molar-refractivity contribution in [1.82, 2.24) is 51.9 Å². The van der Waals surface area contributed by atoms with Gasteiger partial charge in [0, 0.05) is 60.3 Å². The first kappa shape index (κ1) is 83.4. The van der Waals surface area contributed by atoms with Gasteiger partial charge in [0.05, 0.1) is 62.0 Å². The third kappa shape index (κ3) is 27.2. The highest BCUT2D eigenvalue weighted by molar-refractivity contribution is 5.91. The van der Waals surface area contributed by atoms with Crippen LogP contribution in [0, 0.1) is 23.7 Å². The lowest BCUT2D eigenvalue weighted by Crippen LogP contribution is -2.59. The largest absolute Gasteiger partial charge is 0.480 e. The van der Waals surface area contributed by atoms with Crippen LogP contribution >= 0.6 is 0 Å². The van der Waals surface area contributed by atoms with Crippen molar-refractivity contribution in [2.75, 3.05) is 87.9 Å². The van der Waals surface area contributed by atoms with Crippen LogP contribution in [0.15, 0.2) is 30.3 Å². The van der Waals surface area contributed by atoms with Gasteiger partial charge < -0.3 is 102 Å². The molecule has 0 bridgehead atoms. The Hall–Kier alpha value is -6.68. The maximum absolute atomic E-state index is 14.5. The van der Waals surface area contributed by atoms with Crippen LogP contribution in [-0.4, -0.2) is 278 Å². The van der Waals surface area contributed by atoms with Gasteiger partial charge in [-0.2, -0.15) is 0 Å². The van der Waals surface area contributed by atoms with Crippen LogP contribution in [0.4, 0.5) is 4.79 Å². The molecule has 16 atom stereocenters. The number of rotatable bonds is 44. The number of likely N-dealkylation sites (N-methyl/N-ethyl adjacent to an activating group) is 2. The van der Waals surface area contributed by atoms with E-state index in [9.17, 15) is 73.5 Å². The second kappa shape index (κ2) is 42.7. The summed E-state index contributed by atoms with van der Waals surface area (Å²) < 4.78 is 22.3. The van der Waals surface area contributed by atoms with Crippen LogP contribution in [0.25, 0.3) is 0 Å². The Morgan fingerprint density at radius 2 is 1.39 bits per heavy atom. The van der Waals surface area contributed by atoms with Crippen LogP contribution < -0.4 is 43.0 Å². The molecule has 31 nitrogen and oxygen atoms in total. The van der Waals surface area contributed by atoms with Crippen molar-refractivity contribution < 1.29 is 97.5 Å². The van der Waals surface area contributed by atoms with E-state index in [4.69, 9.17) is 29.8 Å². The van der Waals surface area contributed by atoms with Gasteiger partial charge in [0.2, 0.25) is 41.4 Å². The summed E-state index contributed by atoms with van der Waals surface area (Å²) in [6.45, 7) is 12.6. The number of carbonyl (C=O) groups excluding carboxylic acids is 9. The Labute approximate surface area is 552 Å². The Kier molecular flexibility index (Phi) is 37.9. The maximum Gasteiger partial charge on any atom is 0.407 e. The smallest absolute Gasteiger partial charge is 0.407 e. The van der Waals surface area contributed by atoms with Crippen LogP contribution in [-0.2, 0) is 68.5 Å². The number of carbonyl (C=O) groups is 10. The van der Waals surface area contributed by atoms with Crippen molar-refractivity contribution in [3.05, 3.63) is 35.9 Å². The molecular weight excluding hydrogens is 1230 g/mol. The van der Waals surface area contributed by atoms with Gasteiger partial charge in [-0.25, -0.2) is 9.59 Å². The Morgan fingerprint density at radius 1 is 0.745 bits per heavy atom. The molecule has 1 fully saturated rings. The highest BCUT2D eigenvalue weighted by Gasteiger charge is 2.44. The van der Waals surface area contributed by atoms with E-state index < -0.39 is 152 Å². The highest BCUT2D eigenvalue weighted by Crippen LogP contribution is 2.30. The minimum atomic E-state index is -1.93. The summed E-state index contributed by atoms with van der Waals surface area (Å²) in [5.41, 5.74) is 6.44. The predicted octanol–water partition coefficient (Wildman–Crippen LogP) is -2.66. The van der Waals surface area contributed by atoms with Crippen molar-refractivity contribution in [3.63, 3.8) is 0 Å². The average molecular weight is 1340 g/mol. The number of aliphatic hydroxyl groups is 5. The molecule has 1 aliphatic heterocycles. The molecule has 15 N–H and O–H groups in total. The maximum atomic E-state index is 14.5. The number of likely N-dealkylation sites (tertiary alicyclic amines) is 1. The number of aliphatic carboxylic acids is 1. The van der Waals surface area contributed by atoms with E-state index in [1.165, 1.54) is 21.1 Å². The van der Waals surface area contributed by atoms with Crippen LogP contribution in [0.2, 0.25) is 0 Å². The number of aliphatic hydroxyl groups excluding tert-OH is 5. The zero-order valence-electron chi connectivity index (χ0n) is 56.9. The van der Waals surface area contributed by atoms with Gasteiger partial charge in [-0.05, 0) is 76.6 Å². The van der Waals surface area contributed by atoms with E-state index in [2.05, 4.69) is 37.2 Å². The fraction of sp³-hybridized carbons (Fsp3) is 0.746. The van der Waals surface area contributed by atoms with Crippen molar-refractivity contribution in [1.29, 1.82) is 0 Å². The van der Waals surface area contributed by atoms with Gasteiger partial charge in [-0.15, -0.1) is 0 Å². The van der Waals surface area contributed by atoms with Crippen LogP contribution in [0.3, 0.4) is 0 Å². The zero-order chi connectivity index (χ0) is 71.1. The number of nitrogens with two attached hydrogens (primary N) is 1. The summed E-state index contributed by atoms with van der Waals surface area (Å²) in [6, 6.07) is 1.90. The summed E-state index contributed by atoms with van der Waals surface area (Å²) >= 11 is 0. The van der Waals surface area contributed by atoms with Gasteiger partial charge in [-0.3, -0.25) is 43.3 Å². The first-order chi connectivity index (χ1) is 44.3. The number of nitrogens with one attached hydrogen (secondary N) is 7. The molecule has 2 rings (SSSR count). The minimum absolute atomic E-state index is 0.0142. The first-order valence-electron chi connectivity index (χ1n) is 32.2. The molecule has 1 aromatic rings. The molecule has 1 aromatic carbocycles. The lowest BCUT2D eigenvalue weighted by atomic mass is 9.89. The number of alkyl carbamates (subject to hydrolysis) is 1. The molecule has 94 heavy (non-hydrogen) atoms. The van der Waals surface area contributed by atoms with Gasteiger partial charge in [0.1, 0.15) is 55.1 Å². The van der Waals surface area contributed by atoms with Gasteiger partial charge >= 0.3 is 18.0 Å². The number of esters is 1. The van der Waals surface area contributed by atoms with Crippen molar-refractivity contribution in [2.24, 2.45) is 29.4 Å². The molecule has 0 spiro atoms. The standard InChI is InChI=1S/C63H109N11O20/c1-14-37(6)52(73(11)60(86)50(35(2)3)71-59(85)51(36(4)5)72(9)10)47(91-12)31-49(79)74-28-18-22-44(74)55(92-13)38(7)56(82)70-43(30-40-20-16-15-17-21-40)58(84)66-25-19-29-93-62(89)39(8)65-26-23-42(61(87)88)69-48(78)24-27-67-63(90)94-34-41(64)57(83)68-32-45(76)53(80)54(81)46(77)33-75/h15-17,20-21,35-39,41-47,50-55,65,75-77,80-81H,14,18-19,22-34,64H2,1-13H3,(H,66,84)(H,67,90)(H,68,83)(H,69,78)(H,70,82)(H,71,85)(H,87,88)/t37-,38+,39?,41?,42?,43-,44-,45-,46+,47+,50-,51-,52-,53+,54+,55+/m0/s1. The number of methoxy groups -OCH3 is 2. The quantitative estimate of drug-likeness (QED) is 0.0234. The molecule has 536 valence electrons. The Morgan fingerprint density at radius 3 is 1.97 bits per heavy atom. The highest BCUT2D eigenvalue weighted by atomic mass is 16.6. The lowest BCUT2D eigenvalue weighted by Gasteiger charge is -2.41. The molecule has 0 aromatic heterocycles. The number of hydrogen-bond acceptors (Lipinski definition) is 22. The Balaban J connectivity index is 1.97. The Bertz CT molecular complexity index is 2530. The van der Waals surface area contributed by atoms with Crippen molar-refractivity contribution in [2.45, 2.75) is 192 Å². The van der Waals surface area contributed by atoms with E-state index >= 15 is 0 Å². The summed E-state index contributed by atoms with van der Waals surface area (Å²) in [5.74, 6) is -6.76. The van der Waals surface area contributed by atoms with Crippen molar-refractivity contribution >= 4 is 59.4 Å². The SMILES string of the molecule is CC[C@H](C)[C@@H]([C@@H](CC(=O)N1CCC[C@H]1[C@H](OC)[C@@H](C)C(=O)N[C@@H](Cc1ccccc1)C(=O)NCCCOC(=O)C(C)NCCC(NC(=O)CCNC(=O)OCC(N)C(=O)NC[C@H](O)[C@@H](O)[C@H](O)[C@H](O)CO)C(=O)O)OC)N(C)C(=O)[C@@H](NC(=O)[C@H](C(C)C)N(C)C)C(C)C. The molecule has 3 unspecified atom stereocenters. The van der Waals surface area contributed by atoms with Gasteiger partial charge in [-0.1, -0.05) is 85.2 Å². The molecule has 0 saturated carbocycles. The zero-order valence-corrected chi connectivity index (χ0v) is 56.9. The molecule has 1 heterocycles. The van der Waals surface area contributed by atoms with E-state index in [1.807, 2.05) is 90.9 Å². The second-order valence-corrected chi connectivity index (χ2v) is 24.9. The summed E-state index contributed by atoms with van der Waals surface area (Å²) in [4.78, 5) is 138. The number of amides is 8. The van der Waals surface area contributed by atoms with Crippen LogP contribution in [0.1, 0.15) is 106 Å². The number of carboxylic acids is 1. The minimum Gasteiger partial charge on any atom is -0.480 e. The molecule has 1 saturated heterocycles. The third-order valence-electron chi connectivity index (χ3n) is 16.8. The normalized spacial score (nSPS) is 18.1. The summed E-state index contributed by atoms with van der Waals surface area (Å²) in [5, 5.41) is 75.9. The number of hydrogen-bond donors (Lipinski definition) is 14. The summed E-state index contributed by atoms with van der Waals surface area (Å²) in [7, 11) is 8.31. The number of carboxylic acid groups (broad SMARTS) is 1. The van der Waals surface area contributed by atoms with E-state index in [0.717, 1.165) is 5.56 Å². The molecule has 0 aliphatic carbocycles. The second-order valence-electron chi connectivity index (χ2n) is 24.9. The monoisotopic (exact) mass is 1340 g/mol. The number of ether oxygens (including phenoxy) is 4. The van der Waals surface area contributed by atoms with E-state index in [0.29, 0.717) is 25.8 Å². The summed E-state index contributed by atoms with van der Waals surface area (Å²) in [6.07, 6.45) is -8.45. The van der Waals surface area contributed by atoms with E-state index in [1.54, 1.807) is 23.8 Å². The van der Waals surface area contributed by atoms with E-state index in [-0.39, 0.29) is 93.8 Å². The molecule has 0 radical (unpaired) electrons. The number of nitrogens with zero attached hydrogens (tertiary/aromatic N) is 3. The molecule has 1 aliphatic rings. The fourth-order valence-corrected chi connectivity index (χ4v) is 11.1. The number of benzene rings is 1. The topological polar surface area (TPSA) is 449 Å². The van der Waals surface area contributed by atoms with Gasteiger partial charge in [0.15, 0.2) is 0 Å². The first-order valence-corrected chi connectivity index (χ1v) is 32.2. The van der Waals surface area contributed by atoms with Crippen molar-refractivity contribution in [3.8, 4) is 0 Å². The molecular formula is C63H109N11O20. The predicted molar refractivity (Wildman–Crippen MR) is 344 cm³/mol. The third-order valence-corrected chi connectivity index (χ3v) is 16.8.